The lowest BCUT2D eigenvalue weighted by atomic mass is 9.99. The van der Waals surface area contributed by atoms with Crippen molar-refractivity contribution in [3.05, 3.63) is 34.3 Å². The molecule has 0 fully saturated rings. The Bertz CT molecular complexity index is 300. The maximum Gasteiger partial charge on any atom is 0.0601 e. The molecular weight excluding hydrogens is 256 g/mol. The Labute approximate surface area is 99.0 Å². The standard InChI is InChI=1S/C11H17BrN2O/c1-14(2)11(10(13)7-15)8-3-5-9(12)6-4-8/h3-6,10-11,15H,7,13H2,1-2H3. The molecule has 2 unspecified atom stereocenters. The van der Waals surface area contributed by atoms with Gasteiger partial charge in [0.2, 0.25) is 0 Å². The fraction of sp³-hybridized carbons (Fsp3) is 0.455. The normalized spacial score (nSPS) is 15.3. The summed E-state index contributed by atoms with van der Waals surface area (Å²) in [5.74, 6) is 0. The van der Waals surface area contributed by atoms with Gasteiger partial charge in [-0.05, 0) is 31.8 Å². The molecule has 1 aromatic rings. The van der Waals surface area contributed by atoms with Crippen molar-refractivity contribution in [2.75, 3.05) is 20.7 Å². The van der Waals surface area contributed by atoms with E-state index in [1.54, 1.807) is 0 Å². The Hall–Kier alpha value is -0.420. The lowest BCUT2D eigenvalue weighted by Gasteiger charge is -2.29. The molecule has 0 spiro atoms. The number of nitrogens with zero attached hydrogens (tertiary/aromatic N) is 1. The average molecular weight is 273 g/mol. The van der Waals surface area contributed by atoms with Crippen molar-refractivity contribution >= 4 is 15.9 Å². The predicted octanol–water partition coefficient (Wildman–Crippen LogP) is 1.37. The Morgan fingerprint density at radius 3 is 2.27 bits per heavy atom. The number of nitrogens with two attached hydrogens (primary N) is 1. The van der Waals surface area contributed by atoms with E-state index in [4.69, 9.17) is 10.8 Å². The first-order chi connectivity index (χ1) is 7.06. The third kappa shape index (κ3) is 3.28. The molecule has 0 amide bonds. The van der Waals surface area contributed by atoms with Gasteiger partial charge in [0.05, 0.1) is 12.6 Å². The second-order valence-electron chi connectivity index (χ2n) is 3.81. The zero-order valence-electron chi connectivity index (χ0n) is 9.02. The van der Waals surface area contributed by atoms with E-state index in [0.717, 1.165) is 10.0 Å². The molecule has 0 radical (unpaired) electrons. The molecule has 0 bridgehead atoms. The van der Waals surface area contributed by atoms with Crippen LogP contribution in [0, 0.1) is 0 Å². The van der Waals surface area contributed by atoms with Gasteiger partial charge in [0, 0.05) is 10.5 Å². The summed E-state index contributed by atoms with van der Waals surface area (Å²) in [4.78, 5) is 2.02. The molecule has 0 saturated carbocycles. The molecular formula is C11H17BrN2O. The smallest absolute Gasteiger partial charge is 0.0601 e. The minimum absolute atomic E-state index is 0.0150. The van der Waals surface area contributed by atoms with Gasteiger partial charge < -0.3 is 15.7 Å². The molecule has 0 aliphatic carbocycles. The van der Waals surface area contributed by atoms with Crippen molar-refractivity contribution in [2.45, 2.75) is 12.1 Å². The van der Waals surface area contributed by atoms with Gasteiger partial charge in [0.15, 0.2) is 0 Å². The fourth-order valence-corrected chi connectivity index (χ4v) is 1.95. The molecule has 1 rings (SSSR count). The van der Waals surface area contributed by atoms with E-state index in [2.05, 4.69) is 15.9 Å². The maximum absolute atomic E-state index is 9.11. The molecule has 2 atom stereocenters. The highest BCUT2D eigenvalue weighted by atomic mass is 79.9. The van der Waals surface area contributed by atoms with Gasteiger partial charge in [0.1, 0.15) is 0 Å². The fourth-order valence-electron chi connectivity index (χ4n) is 1.69. The van der Waals surface area contributed by atoms with E-state index in [-0.39, 0.29) is 18.7 Å². The first-order valence-corrected chi connectivity index (χ1v) is 5.64. The topological polar surface area (TPSA) is 49.5 Å². The van der Waals surface area contributed by atoms with E-state index in [9.17, 15) is 0 Å². The van der Waals surface area contributed by atoms with Gasteiger partial charge in [-0.2, -0.15) is 0 Å². The van der Waals surface area contributed by atoms with Gasteiger partial charge in [-0.1, -0.05) is 28.1 Å². The van der Waals surface area contributed by atoms with Crippen molar-refractivity contribution in [3.63, 3.8) is 0 Å². The third-order valence-corrected chi connectivity index (χ3v) is 2.91. The van der Waals surface area contributed by atoms with Crippen LogP contribution in [0.2, 0.25) is 0 Å². The van der Waals surface area contributed by atoms with Crippen molar-refractivity contribution in [3.8, 4) is 0 Å². The largest absolute Gasteiger partial charge is 0.395 e. The second-order valence-corrected chi connectivity index (χ2v) is 4.72. The van der Waals surface area contributed by atoms with Crippen LogP contribution in [0.1, 0.15) is 11.6 Å². The SMILES string of the molecule is CN(C)C(c1ccc(Br)cc1)C(N)CO. The van der Waals surface area contributed by atoms with Gasteiger partial charge in [-0.15, -0.1) is 0 Å². The summed E-state index contributed by atoms with van der Waals surface area (Å²) < 4.78 is 1.04. The highest BCUT2D eigenvalue weighted by Crippen LogP contribution is 2.22. The maximum atomic E-state index is 9.11. The molecule has 0 aromatic heterocycles. The van der Waals surface area contributed by atoms with Crippen LogP contribution in [0.5, 0.6) is 0 Å². The number of benzene rings is 1. The molecule has 0 aliphatic heterocycles. The molecule has 84 valence electrons. The quantitative estimate of drug-likeness (QED) is 0.871. The van der Waals surface area contributed by atoms with E-state index in [1.165, 1.54) is 0 Å². The van der Waals surface area contributed by atoms with Crippen molar-refractivity contribution in [1.82, 2.24) is 4.90 Å². The van der Waals surface area contributed by atoms with E-state index in [0.29, 0.717) is 0 Å². The van der Waals surface area contributed by atoms with Crippen molar-refractivity contribution < 1.29 is 5.11 Å². The lowest BCUT2D eigenvalue weighted by molar-refractivity contribution is 0.181. The van der Waals surface area contributed by atoms with Crippen LogP contribution in [0.3, 0.4) is 0 Å². The Balaban J connectivity index is 2.94. The first-order valence-electron chi connectivity index (χ1n) is 4.84. The van der Waals surface area contributed by atoms with Crippen LogP contribution < -0.4 is 5.73 Å². The number of rotatable bonds is 4. The van der Waals surface area contributed by atoms with Crippen LogP contribution in [-0.4, -0.2) is 36.8 Å². The van der Waals surface area contributed by atoms with Crippen LogP contribution in [-0.2, 0) is 0 Å². The summed E-state index contributed by atoms with van der Waals surface area (Å²) in [7, 11) is 3.92. The van der Waals surface area contributed by atoms with Crippen LogP contribution in [0.25, 0.3) is 0 Å². The predicted molar refractivity (Wildman–Crippen MR) is 65.6 cm³/mol. The van der Waals surface area contributed by atoms with Gasteiger partial charge >= 0.3 is 0 Å². The van der Waals surface area contributed by atoms with Gasteiger partial charge in [-0.3, -0.25) is 0 Å². The monoisotopic (exact) mass is 272 g/mol. The number of hydrogen-bond acceptors (Lipinski definition) is 3. The Morgan fingerprint density at radius 1 is 1.33 bits per heavy atom. The van der Waals surface area contributed by atoms with Crippen LogP contribution in [0.15, 0.2) is 28.7 Å². The summed E-state index contributed by atoms with van der Waals surface area (Å²) in [6.45, 7) is -0.0150. The average Bonchev–Trinajstić information content (AvgIpc) is 2.20. The number of aliphatic hydroxyl groups is 1. The molecule has 0 saturated heterocycles. The zero-order valence-corrected chi connectivity index (χ0v) is 10.6. The number of hydrogen-bond donors (Lipinski definition) is 2. The molecule has 15 heavy (non-hydrogen) atoms. The molecule has 3 N–H and O–H groups in total. The lowest BCUT2D eigenvalue weighted by Crippen LogP contribution is -2.39. The number of aliphatic hydroxyl groups excluding tert-OH is 1. The third-order valence-electron chi connectivity index (χ3n) is 2.38. The molecule has 3 nitrogen and oxygen atoms in total. The molecule has 1 aromatic carbocycles. The molecule has 0 heterocycles. The minimum atomic E-state index is -0.263. The van der Waals surface area contributed by atoms with Crippen LogP contribution >= 0.6 is 15.9 Å². The molecule has 4 heteroatoms. The highest BCUT2D eigenvalue weighted by Gasteiger charge is 2.20. The van der Waals surface area contributed by atoms with E-state index in [1.807, 2.05) is 43.3 Å². The van der Waals surface area contributed by atoms with Gasteiger partial charge in [-0.25, -0.2) is 0 Å². The summed E-state index contributed by atoms with van der Waals surface area (Å²) >= 11 is 3.39. The summed E-state index contributed by atoms with van der Waals surface area (Å²) in [6.07, 6.45) is 0. The van der Waals surface area contributed by atoms with Crippen molar-refractivity contribution in [1.29, 1.82) is 0 Å². The Morgan fingerprint density at radius 2 is 1.87 bits per heavy atom. The number of halogens is 1. The van der Waals surface area contributed by atoms with Crippen LogP contribution in [0.4, 0.5) is 0 Å². The van der Waals surface area contributed by atoms with E-state index < -0.39 is 0 Å². The van der Waals surface area contributed by atoms with Crippen molar-refractivity contribution in [2.24, 2.45) is 5.73 Å². The minimum Gasteiger partial charge on any atom is -0.395 e. The Kier molecular flexibility index (Phi) is 4.73. The van der Waals surface area contributed by atoms with Gasteiger partial charge in [0.25, 0.3) is 0 Å². The highest BCUT2D eigenvalue weighted by molar-refractivity contribution is 9.10. The summed E-state index contributed by atoms with van der Waals surface area (Å²) in [5, 5.41) is 9.11. The number of likely N-dealkylation sites (N-methyl/N-ethyl adjacent to an activating group) is 1. The van der Waals surface area contributed by atoms with E-state index >= 15 is 0 Å². The summed E-state index contributed by atoms with van der Waals surface area (Å²) in [6, 6.07) is 7.78. The first kappa shape index (κ1) is 12.6. The summed E-state index contributed by atoms with van der Waals surface area (Å²) in [5.41, 5.74) is 7.00. The second kappa shape index (κ2) is 5.61. The molecule has 0 aliphatic rings. The zero-order chi connectivity index (χ0) is 11.4.